The van der Waals surface area contributed by atoms with Gasteiger partial charge >= 0.3 is 0 Å². The Hall–Kier alpha value is -2.31. The number of nitrogens with zero attached hydrogens (tertiary/aromatic N) is 4. The van der Waals surface area contributed by atoms with E-state index in [0.29, 0.717) is 11.7 Å². The Morgan fingerprint density at radius 3 is 2.86 bits per heavy atom. The highest BCUT2D eigenvalue weighted by molar-refractivity contribution is 5.76. The molecule has 0 aliphatic heterocycles. The molecule has 0 radical (unpaired) electrons. The number of anilines is 1. The lowest BCUT2D eigenvalue weighted by Gasteiger charge is -2.18. The molecule has 1 atom stereocenters. The summed E-state index contributed by atoms with van der Waals surface area (Å²) >= 11 is 0. The van der Waals surface area contributed by atoms with Gasteiger partial charge in [0.05, 0.1) is 11.7 Å². The summed E-state index contributed by atoms with van der Waals surface area (Å²) in [5, 5.41) is 7.28. The molecular weight excluding hydrogens is 268 g/mol. The topological polar surface area (TPSA) is 90.8 Å². The third-order valence-corrected chi connectivity index (χ3v) is 3.77. The number of nitrogens with one attached hydrogen (secondary N) is 1. The van der Waals surface area contributed by atoms with Gasteiger partial charge in [0.25, 0.3) is 0 Å². The summed E-state index contributed by atoms with van der Waals surface area (Å²) in [6, 6.07) is 1.72. The first-order chi connectivity index (χ1) is 10.0. The fraction of sp³-hybridized carbons (Fsp3) is 0.500. The lowest BCUT2D eigenvalue weighted by atomic mass is 10.1. The summed E-state index contributed by atoms with van der Waals surface area (Å²) in [5.41, 5.74) is 6.62. The van der Waals surface area contributed by atoms with Gasteiger partial charge in [0.15, 0.2) is 0 Å². The average molecular weight is 288 g/mol. The number of amides is 1. The van der Waals surface area contributed by atoms with Crippen molar-refractivity contribution in [3.05, 3.63) is 30.0 Å². The van der Waals surface area contributed by atoms with Crippen molar-refractivity contribution in [1.29, 1.82) is 0 Å². The van der Waals surface area contributed by atoms with E-state index in [4.69, 9.17) is 5.73 Å². The van der Waals surface area contributed by atoms with Gasteiger partial charge in [-0.1, -0.05) is 0 Å². The molecule has 1 fully saturated rings. The highest BCUT2D eigenvalue weighted by Crippen LogP contribution is 2.40. The van der Waals surface area contributed by atoms with Crippen LogP contribution in [0.3, 0.4) is 0 Å². The summed E-state index contributed by atoms with van der Waals surface area (Å²) in [7, 11) is 1.94. The molecule has 1 aliphatic rings. The fourth-order valence-electron chi connectivity index (χ4n) is 2.55. The second-order valence-electron chi connectivity index (χ2n) is 5.65. The van der Waals surface area contributed by atoms with Gasteiger partial charge in [-0.3, -0.25) is 4.79 Å². The highest BCUT2D eigenvalue weighted by Gasteiger charge is 2.35. The third kappa shape index (κ3) is 2.91. The SMILES string of the molecule is Cc1cc(N)n(CC(=O)NC(c2nccn2C)C2CC2)n1. The molecule has 0 spiro atoms. The third-order valence-electron chi connectivity index (χ3n) is 3.77. The number of hydrogen-bond acceptors (Lipinski definition) is 4. The maximum Gasteiger partial charge on any atom is 0.242 e. The van der Waals surface area contributed by atoms with Crippen LogP contribution in [0.4, 0.5) is 5.82 Å². The number of aromatic nitrogens is 4. The first-order valence-electron chi connectivity index (χ1n) is 7.11. The number of nitrogen functional groups attached to an aromatic ring is 1. The zero-order valence-electron chi connectivity index (χ0n) is 12.3. The van der Waals surface area contributed by atoms with Crippen LogP contribution >= 0.6 is 0 Å². The first-order valence-corrected chi connectivity index (χ1v) is 7.11. The van der Waals surface area contributed by atoms with Gasteiger partial charge in [0.2, 0.25) is 5.91 Å². The Kier molecular flexibility index (Phi) is 3.40. The van der Waals surface area contributed by atoms with E-state index in [-0.39, 0.29) is 18.5 Å². The maximum absolute atomic E-state index is 12.3. The molecule has 1 amide bonds. The van der Waals surface area contributed by atoms with Crippen LogP contribution in [-0.2, 0) is 18.4 Å². The smallest absolute Gasteiger partial charge is 0.242 e. The average Bonchev–Trinajstić information content (AvgIpc) is 3.10. The van der Waals surface area contributed by atoms with Crippen LogP contribution in [-0.4, -0.2) is 25.2 Å². The van der Waals surface area contributed by atoms with Gasteiger partial charge in [-0.05, 0) is 25.7 Å². The predicted molar refractivity (Wildman–Crippen MR) is 78.2 cm³/mol. The number of rotatable bonds is 5. The van der Waals surface area contributed by atoms with Gasteiger partial charge in [0.1, 0.15) is 18.2 Å². The molecule has 3 rings (SSSR count). The van der Waals surface area contributed by atoms with Crippen molar-refractivity contribution in [3.8, 4) is 0 Å². The Labute approximate surface area is 123 Å². The number of carbonyl (C=O) groups is 1. The molecule has 1 aliphatic carbocycles. The number of carbonyl (C=O) groups excluding carboxylic acids is 1. The van der Waals surface area contributed by atoms with Crippen LogP contribution < -0.4 is 11.1 Å². The summed E-state index contributed by atoms with van der Waals surface area (Å²) < 4.78 is 3.47. The molecule has 2 aromatic rings. The van der Waals surface area contributed by atoms with E-state index in [9.17, 15) is 4.79 Å². The van der Waals surface area contributed by atoms with Crippen LogP contribution in [0.5, 0.6) is 0 Å². The van der Waals surface area contributed by atoms with Crippen molar-refractivity contribution in [2.45, 2.75) is 32.4 Å². The molecule has 1 saturated carbocycles. The van der Waals surface area contributed by atoms with Crippen molar-refractivity contribution in [3.63, 3.8) is 0 Å². The molecule has 3 N–H and O–H groups in total. The quantitative estimate of drug-likeness (QED) is 0.850. The van der Waals surface area contributed by atoms with Crippen LogP contribution in [0, 0.1) is 12.8 Å². The van der Waals surface area contributed by atoms with Gasteiger partial charge in [-0.25, -0.2) is 9.67 Å². The van der Waals surface area contributed by atoms with E-state index < -0.39 is 0 Å². The van der Waals surface area contributed by atoms with Gasteiger partial charge < -0.3 is 15.6 Å². The molecule has 112 valence electrons. The van der Waals surface area contributed by atoms with Crippen molar-refractivity contribution >= 4 is 11.7 Å². The van der Waals surface area contributed by atoms with E-state index in [2.05, 4.69) is 15.4 Å². The van der Waals surface area contributed by atoms with Crippen LogP contribution in [0.1, 0.15) is 30.4 Å². The predicted octanol–water partition coefficient (Wildman–Crippen LogP) is 0.775. The van der Waals surface area contributed by atoms with Crippen molar-refractivity contribution in [2.75, 3.05) is 5.73 Å². The number of aryl methyl sites for hydroxylation is 2. The Bertz CT molecular complexity index is 654. The normalized spacial score (nSPS) is 15.9. The summed E-state index contributed by atoms with van der Waals surface area (Å²) in [5.74, 6) is 1.79. The fourth-order valence-corrected chi connectivity index (χ4v) is 2.55. The van der Waals surface area contributed by atoms with Crippen molar-refractivity contribution in [1.82, 2.24) is 24.6 Å². The van der Waals surface area contributed by atoms with E-state index >= 15 is 0 Å². The summed E-state index contributed by atoms with van der Waals surface area (Å²) in [6.07, 6.45) is 5.90. The zero-order chi connectivity index (χ0) is 15.0. The van der Waals surface area contributed by atoms with Crippen LogP contribution in [0.25, 0.3) is 0 Å². The molecule has 0 saturated heterocycles. The lowest BCUT2D eigenvalue weighted by Crippen LogP contribution is -2.34. The lowest BCUT2D eigenvalue weighted by molar-refractivity contribution is -0.122. The van der Waals surface area contributed by atoms with Gasteiger partial charge in [0, 0.05) is 25.5 Å². The Balaban J connectivity index is 1.70. The minimum Gasteiger partial charge on any atom is -0.384 e. The van der Waals surface area contributed by atoms with Gasteiger partial charge in [-0.15, -0.1) is 0 Å². The number of imidazole rings is 1. The van der Waals surface area contributed by atoms with E-state index in [1.165, 1.54) is 4.68 Å². The monoisotopic (exact) mass is 288 g/mol. The van der Waals surface area contributed by atoms with E-state index in [0.717, 1.165) is 24.4 Å². The molecule has 0 aromatic carbocycles. The zero-order valence-corrected chi connectivity index (χ0v) is 12.3. The Morgan fingerprint density at radius 2 is 2.33 bits per heavy atom. The highest BCUT2D eigenvalue weighted by atomic mass is 16.2. The second-order valence-corrected chi connectivity index (χ2v) is 5.65. The molecule has 2 heterocycles. The Morgan fingerprint density at radius 1 is 1.57 bits per heavy atom. The van der Waals surface area contributed by atoms with E-state index in [1.54, 1.807) is 12.3 Å². The molecule has 7 nitrogen and oxygen atoms in total. The van der Waals surface area contributed by atoms with Crippen LogP contribution in [0.15, 0.2) is 18.5 Å². The molecule has 7 heteroatoms. The van der Waals surface area contributed by atoms with Crippen LogP contribution in [0.2, 0.25) is 0 Å². The largest absolute Gasteiger partial charge is 0.384 e. The molecule has 21 heavy (non-hydrogen) atoms. The minimum atomic E-state index is -0.0929. The maximum atomic E-state index is 12.3. The summed E-state index contributed by atoms with van der Waals surface area (Å²) in [4.78, 5) is 16.6. The number of hydrogen-bond donors (Lipinski definition) is 2. The molecule has 0 bridgehead atoms. The number of nitrogens with two attached hydrogens (primary N) is 1. The molecule has 1 unspecified atom stereocenters. The van der Waals surface area contributed by atoms with Crippen molar-refractivity contribution < 1.29 is 4.79 Å². The molecular formula is C14H20N6O. The van der Waals surface area contributed by atoms with Crippen molar-refractivity contribution in [2.24, 2.45) is 13.0 Å². The molecule has 2 aromatic heterocycles. The first kappa shape index (κ1) is 13.7. The summed E-state index contributed by atoms with van der Waals surface area (Å²) in [6.45, 7) is 1.99. The standard InChI is InChI=1S/C14H20N6O/c1-9-7-11(15)20(18-9)8-12(21)17-13(10-3-4-10)14-16-5-6-19(14)2/h5-7,10,13H,3-4,8,15H2,1-2H3,(H,17,21). The second kappa shape index (κ2) is 5.23. The van der Waals surface area contributed by atoms with E-state index in [1.807, 2.05) is 24.7 Å². The minimum absolute atomic E-state index is 0.0321. The van der Waals surface area contributed by atoms with Gasteiger partial charge in [-0.2, -0.15) is 5.10 Å².